The van der Waals surface area contributed by atoms with Crippen molar-refractivity contribution in [3.05, 3.63) is 58.5 Å². The summed E-state index contributed by atoms with van der Waals surface area (Å²) in [7, 11) is 0. The molecule has 1 aromatic heterocycles. The first-order valence-corrected chi connectivity index (χ1v) is 9.47. The van der Waals surface area contributed by atoms with Crippen molar-refractivity contribution in [3.8, 4) is 5.69 Å². The van der Waals surface area contributed by atoms with Gasteiger partial charge in [0.1, 0.15) is 5.70 Å². The second kappa shape index (κ2) is 7.43. The average molecular weight is 365 g/mol. The normalized spacial score (nSPS) is 15.9. The van der Waals surface area contributed by atoms with Crippen LogP contribution in [-0.4, -0.2) is 28.0 Å². The van der Waals surface area contributed by atoms with Crippen LogP contribution in [0.5, 0.6) is 0 Å². The highest BCUT2D eigenvalue weighted by Crippen LogP contribution is 2.25. The van der Waals surface area contributed by atoms with Gasteiger partial charge in [-0.25, -0.2) is 4.79 Å². The van der Waals surface area contributed by atoms with Crippen LogP contribution in [-0.2, 0) is 4.79 Å². The van der Waals surface area contributed by atoms with E-state index in [1.54, 1.807) is 6.08 Å². The maximum absolute atomic E-state index is 12.5. The Morgan fingerprint density at radius 1 is 1.11 bits per heavy atom. The molecule has 5 heteroatoms. The maximum Gasteiger partial charge on any atom is 0.329 e. The molecule has 1 aliphatic rings. The molecule has 0 unspecified atom stereocenters. The zero-order valence-corrected chi connectivity index (χ0v) is 16.7. The third kappa shape index (κ3) is 3.54. The largest absolute Gasteiger partial charge is 0.329 e. The van der Waals surface area contributed by atoms with Crippen LogP contribution in [0.25, 0.3) is 11.8 Å². The van der Waals surface area contributed by atoms with E-state index in [4.69, 9.17) is 0 Å². The van der Waals surface area contributed by atoms with Crippen molar-refractivity contribution in [3.63, 3.8) is 0 Å². The minimum absolute atomic E-state index is 0.257. The van der Waals surface area contributed by atoms with Crippen LogP contribution >= 0.6 is 0 Å². The number of hydrogen-bond acceptors (Lipinski definition) is 2. The topological polar surface area (TPSA) is 54.3 Å². The smallest absolute Gasteiger partial charge is 0.318 e. The van der Waals surface area contributed by atoms with Gasteiger partial charge in [0.15, 0.2) is 0 Å². The van der Waals surface area contributed by atoms with Gasteiger partial charge in [-0.05, 0) is 61.6 Å². The average Bonchev–Trinajstić information content (AvgIpc) is 3.05. The molecular formula is C22H27N3O2. The zero-order valence-electron chi connectivity index (χ0n) is 16.7. The number of nitrogens with zero attached hydrogens (tertiary/aromatic N) is 2. The first-order valence-electron chi connectivity index (χ1n) is 9.47. The summed E-state index contributed by atoms with van der Waals surface area (Å²) >= 11 is 0. The highest BCUT2D eigenvalue weighted by Gasteiger charge is 2.32. The first kappa shape index (κ1) is 19.0. The van der Waals surface area contributed by atoms with Gasteiger partial charge in [-0.15, -0.1) is 0 Å². The summed E-state index contributed by atoms with van der Waals surface area (Å²) < 4.78 is 2.17. The lowest BCUT2D eigenvalue weighted by Crippen LogP contribution is -2.31. The molecule has 0 atom stereocenters. The molecule has 0 bridgehead atoms. The molecule has 1 fully saturated rings. The number of rotatable bonds is 5. The van der Waals surface area contributed by atoms with E-state index in [-0.39, 0.29) is 11.9 Å². The molecule has 1 aliphatic heterocycles. The zero-order chi connectivity index (χ0) is 19.7. The van der Waals surface area contributed by atoms with Crippen molar-refractivity contribution in [2.75, 3.05) is 6.54 Å². The van der Waals surface area contributed by atoms with E-state index in [1.807, 2.05) is 26.8 Å². The SMILES string of the molecule is CCCN1C(=O)N/C(=C/c2cc(C)n(-c3ccc(C(C)C)cc3)c2C)C1=O. The Balaban J connectivity index is 1.95. The number of carbonyl (C=O) groups is 2. The van der Waals surface area contributed by atoms with Gasteiger partial charge in [0.05, 0.1) is 0 Å². The third-order valence-corrected chi connectivity index (χ3v) is 5.00. The van der Waals surface area contributed by atoms with E-state index in [0.717, 1.165) is 29.1 Å². The number of hydrogen-bond donors (Lipinski definition) is 1. The fourth-order valence-electron chi connectivity index (χ4n) is 3.49. The lowest BCUT2D eigenvalue weighted by atomic mass is 10.0. The molecule has 1 aromatic carbocycles. The van der Waals surface area contributed by atoms with Crippen LogP contribution in [0.2, 0.25) is 0 Å². The molecule has 0 saturated carbocycles. The van der Waals surface area contributed by atoms with Gasteiger partial charge in [-0.1, -0.05) is 32.9 Å². The van der Waals surface area contributed by atoms with Crippen LogP contribution in [0.3, 0.4) is 0 Å². The number of amides is 3. The van der Waals surface area contributed by atoms with Crippen molar-refractivity contribution in [1.29, 1.82) is 0 Å². The highest BCUT2D eigenvalue weighted by molar-refractivity contribution is 6.14. The monoisotopic (exact) mass is 365 g/mol. The molecule has 0 aliphatic carbocycles. The molecular weight excluding hydrogens is 338 g/mol. The van der Waals surface area contributed by atoms with Gasteiger partial charge in [-0.3, -0.25) is 9.69 Å². The predicted octanol–water partition coefficient (Wildman–Crippen LogP) is 4.52. The molecule has 1 saturated heterocycles. The van der Waals surface area contributed by atoms with Crippen LogP contribution < -0.4 is 5.32 Å². The quantitative estimate of drug-likeness (QED) is 0.626. The molecule has 3 amide bonds. The van der Waals surface area contributed by atoms with E-state index < -0.39 is 0 Å². The van der Waals surface area contributed by atoms with Gasteiger partial charge >= 0.3 is 6.03 Å². The predicted molar refractivity (Wildman–Crippen MR) is 108 cm³/mol. The summed E-state index contributed by atoms with van der Waals surface area (Å²) in [6, 6.07) is 10.3. The van der Waals surface area contributed by atoms with Gasteiger partial charge in [0, 0.05) is 23.6 Å². The number of imide groups is 1. The maximum atomic E-state index is 12.5. The van der Waals surface area contributed by atoms with Gasteiger partial charge in [0.2, 0.25) is 0 Å². The van der Waals surface area contributed by atoms with Gasteiger partial charge < -0.3 is 9.88 Å². The first-order chi connectivity index (χ1) is 12.8. The minimum atomic E-state index is -0.341. The third-order valence-electron chi connectivity index (χ3n) is 5.00. The van der Waals surface area contributed by atoms with E-state index in [1.165, 1.54) is 10.5 Å². The second-order valence-corrected chi connectivity index (χ2v) is 7.35. The molecule has 3 rings (SSSR count). The Labute approximate surface area is 160 Å². The summed E-state index contributed by atoms with van der Waals surface area (Å²) in [6.45, 7) is 10.8. The molecule has 0 spiro atoms. The van der Waals surface area contributed by atoms with Gasteiger partial charge in [0.25, 0.3) is 5.91 Å². The van der Waals surface area contributed by atoms with Crippen molar-refractivity contribution in [2.45, 2.75) is 47.0 Å². The standard InChI is InChI=1S/C22H27N3O2/c1-6-11-24-21(26)20(23-22(24)27)13-18-12-15(4)25(16(18)5)19-9-7-17(8-10-19)14(2)3/h7-10,12-14H,6,11H2,1-5H3,(H,23,27)/b20-13+. The van der Waals surface area contributed by atoms with Crippen LogP contribution in [0, 0.1) is 13.8 Å². The summed E-state index contributed by atoms with van der Waals surface area (Å²) in [5, 5.41) is 2.69. The molecule has 0 radical (unpaired) electrons. The second-order valence-electron chi connectivity index (χ2n) is 7.35. The number of nitrogens with one attached hydrogen (secondary N) is 1. The number of carbonyl (C=O) groups excluding carboxylic acids is 2. The lowest BCUT2D eigenvalue weighted by Gasteiger charge is -2.12. The van der Waals surface area contributed by atoms with E-state index in [2.05, 4.69) is 48.0 Å². The number of aromatic nitrogens is 1. The van der Waals surface area contributed by atoms with Crippen molar-refractivity contribution in [2.24, 2.45) is 0 Å². The summed E-state index contributed by atoms with van der Waals surface area (Å²) in [6.07, 6.45) is 2.52. The summed E-state index contributed by atoms with van der Waals surface area (Å²) in [5.74, 6) is 0.238. The van der Waals surface area contributed by atoms with E-state index >= 15 is 0 Å². The Bertz CT molecular complexity index is 904. The highest BCUT2D eigenvalue weighted by atomic mass is 16.2. The summed E-state index contributed by atoms with van der Waals surface area (Å²) in [4.78, 5) is 25.7. The number of aryl methyl sites for hydroxylation is 1. The van der Waals surface area contributed by atoms with Crippen molar-refractivity contribution in [1.82, 2.24) is 14.8 Å². The summed E-state index contributed by atoms with van der Waals surface area (Å²) in [5.41, 5.74) is 5.78. The lowest BCUT2D eigenvalue weighted by molar-refractivity contribution is -0.122. The van der Waals surface area contributed by atoms with Crippen LogP contribution in [0.4, 0.5) is 4.79 Å². The molecule has 27 heavy (non-hydrogen) atoms. The Kier molecular flexibility index (Phi) is 5.22. The van der Waals surface area contributed by atoms with Crippen molar-refractivity contribution < 1.29 is 9.59 Å². The minimum Gasteiger partial charge on any atom is -0.318 e. The number of benzene rings is 1. The molecule has 2 aromatic rings. The Hall–Kier alpha value is -2.82. The molecule has 1 N–H and O–H groups in total. The molecule has 5 nitrogen and oxygen atoms in total. The fourth-order valence-corrected chi connectivity index (χ4v) is 3.49. The van der Waals surface area contributed by atoms with Crippen LogP contribution in [0.15, 0.2) is 36.0 Å². The fraction of sp³-hybridized carbons (Fsp3) is 0.364. The number of urea groups is 1. The Morgan fingerprint density at radius 2 is 1.78 bits per heavy atom. The molecule has 2 heterocycles. The Morgan fingerprint density at radius 3 is 2.37 bits per heavy atom. The van der Waals surface area contributed by atoms with E-state index in [9.17, 15) is 9.59 Å². The van der Waals surface area contributed by atoms with E-state index in [0.29, 0.717) is 18.2 Å². The van der Waals surface area contributed by atoms with Crippen LogP contribution in [0.1, 0.15) is 55.6 Å². The van der Waals surface area contributed by atoms with Gasteiger partial charge in [-0.2, -0.15) is 0 Å². The molecule has 142 valence electrons. The van der Waals surface area contributed by atoms with Crippen molar-refractivity contribution >= 4 is 18.0 Å².